The van der Waals surface area contributed by atoms with Gasteiger partial charge >= 0.3 is 0 Å². The molecule has 0 aliphatic heterocycles. The minimum absolute atomic E-state index is 0.208. The van der Waals surface area contributed by atoms with Gasteiger partial charge in [0.1, 0.15) is 0 Å². The minimum Gasteiger partial charge on any atom is -0.619 e. The number of carbonyl (C=O) groups is 1. The largest absolute Gasteiger partial charge is 0.619 e. The van der Waals surface area contributed by atoms with E-state index in [1.54, 1.807) is 4.68 Å². The Morgan fingerprint density at radius 3 is 2.96 bits per heavy atom. The van der Waals surface area contributed by atoms with Gasteiger partial charge in [-0.3, -0.25) is 4.79 Å². The molecule has 2 N–H and O–H groups in total. The molecule has 8 heteroatoms. The Morgan fingerprint density at radius 2 is 2.21 bits per heavy atom. The molecule has 3 aromatic rings. The Kier molecular flexibility index (Phi) is 3.87. The molecule has 5 rings (SSSR count). The molecule has 28 heavy (non-hydrogen) atoms. The molecular weight excluding hydrogens is 358 g/mol. The summed E-state index contributed by atoms with van der Waals surface area (Å²) in [4.78, 5) is 17.2. The Labute approximate surface area is 161 Å². The monoisotopic (exact) mass is 377 g/mol. The molecule has 2 aliphatic rings. The molecule has 1 fully saturated rings. The number of amides is 1. The van der Waals surface area contributed by atoms with Crippen molar-refractivity contribution in [1.82, 2.24) is 20.1 Å². The van der Waals surface area contributed by atoms with E-state index in [4.69, 9.17) is 0 Å². The van der Waals surface area contributed by atoms with E-state index in [0.29, 0.717) is 28.1 Å². The van der Waals surface area contributed by atoms with Gasteiger partial charge in [0.15, 0.2) is 11.9 Å². The molecule has 142 valence electrons. The van der Waals surface area contributed by atoms with Crippen molar-refractivity contribution >= 4 is 5.91 Å². The number of aromatic nitrogens is 4. The van der Waals surface area contributed by atoms with Gasteiger partial charge in [0, 0.05) is 11.5 Å². The maximum atomic E-state index is 13.0. The van der Waals surface area contributed by atoms with E-state index in [2.05, 4.69) is 15.4 Å². The van der Waals surface area contributed by atoms with E-state index in [9.17, 15) is 15.1 Å². The highest BCUT2D eigenvalue weighted by Gasteiger charge is 2.50. The van der Waals surface area contributed by atoms with Crippen molar-refractivity contribution in [3.63, 3.8) is 0 Å². The molecular formula is C20H19N5O3. The van der Waals surface area contributed by atoms with Crippen LogP contribution in [-0.4, -0.2) is 32.4 Å². The molecule has 2 heterocycles. The molecule has 0 saturated heterocycles. The molecule has 0 bridgehead atoms. The zero-order chi connectivity index (χ0) is 19.3. The van der Waals surface area contributed by atoms with E-state index in [0.717, 1.165) is 29.7 Å². The summed E-state index contributed by atoms with van der Waals surface area (Å²) in [7, 11) is 0. The molecule has 2 aliphatic carbocycles. The summed E-state index contributed by atoms with van der Waals surface area (Å²) >= 11 is 0. The summed E-state index contributed by atoms with van der Waals surface area (Å²) in [5.74, 6) is 0.984. The first-order valence-corrected chi connectivity index (χ1v) is 9.29. The zero-order valence-corrected chi connectivity index (χ0v) is 15.0. The van der Waals surface area contributed by atoms with Crippen LogP contribution < -0.4 is 10.0 Å². The second-order valence-electron chi connectivity index (χ2n) is 7.32. The van der Waals surface area contributed by atoms with Gasteiger partial charge in [0.2, 0.25) is 12.0 Å². The fraction of sp³-hybridized carbons (Fsp3) is 0.300. The lowest BCUT2D eigenvalue weighted by atomic mass is 10.1. The maximum Gasteiger partial charge on any atom is 0.272 e. The van der Waals surface area contributed by atoms with Gasteiger partial charge in [-0.25, -0.2) is 9.67 Å². The SMILES string of the molecule is O=C(NC(CO)c1ccccc1)c1nn(-c2c[n+]([O-])ccn2)c2c1C[C@@H]1C[C@H]21. The highest BCUT2D eigenvalue weighted by molar-refractivity contribution is 5.94. The Morgan fingerprint density at radius 1 is 1.39 bits per heavy atom. The molecule has 0 radical (unpaired) electrons. The average Bonchev–Trinajstić information content (AvgIpc) is 3.21. The summed E-state index contributed by atoms with van der Waals surface area (Å²) in [6.45, 7) is -0.208. The summed E-state index contributed by atoms with van der Waals surface area (Å²) in [6, 6.07) is 8.83. The lowest BCUT2D eigenvalue weighted by Crippen LogP contribution is -2.31. The highest BCUT2D eigenvalue weighted by atomic mass is 16.5. The first-order valence-electron chi connectivity index (χ1n) is 9.29. The van der Waals surface area contributed by atoms with E-state index >= 15 is 0 Å². The van der Waals surface area contributed by atoms with Crippen LogP contribution in [0, 0.1) is 11.1 Å². The van der Waals surface area contributed by atoms with Crippen molar-refractivity contribution in [2.75, 3.05) is 6.61 Å². The molecule has 2 aromatic heterocycles. The molecule has 1 amide bonds. The normalized spacial score (nSPS) is 20.3. The van der Waals surface area contributed by atoms with Crippen LogP contribution in [0.5, 0.6) is 0 Å². The Bertz CT molecular complexity index is 1050. The first-order chi connectivity index (χ1) is 13.7. The van der Waals surface area contributed by atoms with Crippen LogP contribution in [0.3, 0.4) is 0 Å². The van der Waals surface area contributed by atoms with Crippen LogP contribution in [0.15, 0.2) is 48.9 Å². The minimum atomic E-state index is -0.510. The number of nitrogens with zero attached hydrogens (tertiary/aromatic N) is 4. The Hall–Kier alpha value is -3.26. The van der Waals surface area contributed by atoms with Crippen molar-refractivity contribution in [1.29, 1.82) is 0 Å². The van der Waals surface area contributed by atoms with Crippen molar-refractivity contribution in [3.8, 4) is 5.82 Å². The van der Waals surface area contributed by atoms with Gasteiger partial charge in [-0.1, -0.05) is 30.3 Å². The van der Waals surface area contributed by atoms with E-state index in [1.165, 1.54) is 18.6 Å². The molecule has 8 nitrogen and oxygen atoms in total. The molecule has 1 unspecified atom stereocenters. The highest BCUT2D eigenvalue weighted by Crippen LogP contribution is 2.57. The second-order valence-corrected chi connectivity index (χ2v) is 7.32. The number of aliphatic hydroxyl groups is 1. The van der Waals surface area contributed by atoms with Gasteiger partial charge in [-0.2, -0.15) is 9.83 Å². The molecule has 1 saturated carbocycles. The number of carbonyl (C=O) groups excluding carboxylic acids is 1. The molecule has 1 aromatic carbocycles. The van der Waals surface area contributed by atoms with Gasteiger partial charge in [-0.15, -0.1) is 0 Å². The number of hydrogen-bond donors (Lipinski definition) is 2. The van der Waals surface area contributed by atoms with Crippen LogP contribution in [0.4, 0.5) is 0 Å². The average molecular weight is 377 g/mol. The van der Waals surface area contributed by atoms with E-state index in [-0.39, 0.29) is 12.5 Å². The zero-order valence-electron chi connectivity index (χ0n) is 15.0. The topological polar surface area (TPSA) is 107 Å². The van der Waals surface area contributed by atoms with Gasteiger partial charge in [0.05, 0.1) is 24.5 Å². The van der Waals surface area contributed by atoms with Crippen LogP contribution in [-0.2, 0) is 6.42 Å². The number of fused-ring (bicyclic) bond motifs is 3. The number of rotatable bonds is 5. The molecule has 0 spiro atoms. The fourth-order valence-corrected chi connectivity index (χ4v) is 4.09. The number of benzene rings is 1. The van der Waals surface area contributed by atoms with Crippen LogP contribution in [0.2, 0.25) is 0 Å². The fourth-order valence-electron chi connectivity index (χ4n) is 4.09. The summed E-state index contributed by atoms with van der Waals surface area (Å²) in [5.41, 5.74) is 3.08. The quantitative estimate of drug-likeness (QED) is 0.510. The lowest BCUT2D eigenvalue weighted by Gasteiger charge is -2.16. The third-order valence-corrected chi connectivity index (χ3v) is 5.55. The van der Waals surface area contributed by atoms with Crippen molar-refractivity contribution in [3.05, 3.63) is 76.6 Å². The second kappa shape index (κ2) is 6.42. The Balaban J connectivity index is 1.50. The van der Waals surface area contributed by atoms with Crippen molar-refractivity contribution in [2.24, 2.45) is 5.92 Å². The summed E-state index contributed by atoms with van der Waals surface area (Å²) < 4.78 is 2.31. The van der Waals surface area contributed by atoms with Crippen LogP contribution in [0.1, 0.15) is 45.7 Å². The lowest BCUT2D eigenvalue weighted by molar-refractivity contribution is -0.605. The first kappa shape index (κ1) is 16.9. The standard InChI is InChI=1S/C20H19N5O3/c26-11-16(12-4-2-1-3-5-12)22-20(27)18-15-9-13-8-14(13)19(15)25(23-18)17-10-24(28)7-6-21-17/h1-7,10,13-14,16,26H,8-9,11H2,(H,22,27)/t13-,14-,16?/m0/s1. The summed E-state index contributed by atoms with van der Waals surface area (Å²) in [6.07, 6.45) is 5.97. The number of aliphatic hydroxyl groups excluding tert-OH is 1. The van der Waals surface area contributed by atoms with E-state index in [1.807, 2.05) is 30.3 Å². The van der Waals surface area contributed by atoms with E-state index < -0.39 is 6.04 Å². The van der Waals surface area contributed by atoms with Crippen LogP contribution in [0.25, 0.3) is 5.82 Å². The number of nitrogens with one attached hydrogen (secondary N) is 1. The van der Waals surface area contributed by atoms with Gasteiger partial charge < -0.3 is 15.6 Å². The molecule has 3 atom stereocenters. The predicted octanol–water partition coefficient (Wildman–Crippen LogP) is 1.02. The maximum absolute atomic E-state index is 13.0. The smallest absolute Gasteiger partial charge is 0.272 e. The van der Waals surface area contributed by atoms with Gasteiger partial charge in [0.25, 0.3) is 5.91 Å². The van der Waals surface area contributed by atoms with Crippen molar-refractivity contribution in [2.45, 2.75) is 24.8 Å². The van der Waals surface area contributed by atoms with Crippen LogP contribution >= 0.6 is 0 Å². The van der Waals surface area contributed by atoms with Crippen molar-refractivity contribution < 1.29 is 14.6 Å². The third-order valence-electron chi connectivity index (χ3n) is 5.55. The van der Waals surface area contributed by atoms with Gasteiger partial charge in [-0.05, 0) is 24.3 Å². The predicted molar refractivity (Wildman–Crippen MR) is 98.6 cm³/mol. The number of hydrogen-bond acceptors (Lipinski definition) is 5. The third kappa shape index (κ3) is 2.73. The summed E-state index contributed by atoms with van der Waals surface area (Å²) in [5, 5.41) is 28.8.